The van der Waals surface area contributed by atoms with Gasteiger partial charge in [-0.3, -0.25) is 4.79 Å². The van der Waals surface area contributed by atoms with Crippen molar-refractivity contribution in [3.63, 3.8) is 0 Å². The quantitative estimate of drug-likeness (QED) is 0.760. The average Bonchev–Trinajstić information content (AvgIpc) is 2.95. The van der Waals surface area contributed by atoms with E-state index in [0.717, 1.165) is 12.3 Å². The van der Waals surface area contributed by atoms with Gasteiger partial charge < -0.3 is 4.74 Å². The zero-order valence-corrected chi connectivity index (χ0v) is 13.0. The van der Waals surface area contributed by atoms with Gasteiger partial charge in [0.15, 0.2) is 0 Å². The molecule has 0 N–H and O–H groups in total. The van der Waals surface area contributed by atoms with Crippen LogP contribution < -0.4 is 0 Å². The second kappa shape index (κ2) is 5.42. The molecule has 114 valence electrons. The van der Waals surface area contributed by atoms with Crippen molar-refractivity contribution < 1.29 is 9.53 Å². The smallest absolute Gasteiger partial charge is 0.309 e. The summed E-state index contributed by atoms with van der Waals surface area (Å²) in [5.74, 6) is 1.63. The van der Waals surface area contributed by atoms with Crippen molar-refractivity contribution in [3.05, 3.63) is 48.0 Å². The van der Waals surface area contributed by atoms with Crippen molar-refractivity contribution in [1.82, 2.24) is 0 Å². The third-order valence-corrected chi connectivity index (χ3v) is 5.81. The molecule has 2 fully saturated rings. The van der Waals surface area contributed by atoms with Crippen LogP contribution >= 0.6 is 0 Å². The van der Waals surface area contributed by atoms with E-state index >= 15 is 0 Å². The van der Waals surface area contributed by atoms with Crippen LogP contribution in [0, 0.1) is 17.8 Å². The fourth-order valence-electron chi connectivity index (χ4n) is 4.88. The molecule has 2 aromatic carbocycles. The normalized spacial score (nSPS) is 30.4. The lowest BCUT2D eigenvalue weighted by molar-refractivity contribution is -0.149. The Labute approximate surface area is 131 Å². The fourth-order valence-corrected chi connectivity index (χ4v) is 4.88. The van der Waals surface area contributed by atoms with Crippen molar-refractivity contribution in [1.29, 1.82) is 0 Å². The van der Waals surface area contributed by atoms with Crippen LogP contribution in [0.3, 0.4) is 0 Å². The topological polar surface area (TPSA) is 26.3 Å². The molecule has 4 rings (SSSR count). The summed E-state index contributed by atoms with van der Waals surface area (Å²) in [6.45, 7) is 0. The van der Waals surface area contributed by atoms with Crippen LogP contribution in [0.5, 0.6) is 0 Å². The van der Waals surface area contributed by atoms with E-state index < -0.39 is 0 Å². The summed E-state index contributed by atoms with van der Waals surface area (Å²) in [4.78, 5) is 12.5. The number of methoxy groups -OCH3 is 1. The summed E-state index contributed by atoms with van der Waals surface area (Å²) in [6.07, 6.45) is 4.80. The predicted molar refractivity (Wildman–Crippen MR) is 87.6 cm³/mol. The summed E-state index contributed by atoms with van der Waals surface area (Å²) in [6, 6.07) is 15.0. The predicted octanol–water partition coefficient (Wildman–Crippen LogP) is 4.53. The van der Waals surface area contributed by atoms with Crippen LogP contribution in [-0.4, -0.2) is 13.1 Å². The van der Waals surface area contributed by atoms with Crippen LogP contribution in [0.15, 0.2) is 42.5 Å². The average molecular weight is 294 g/mol. The maximum absolute atomic E-state index is 12.5. The molecule has 2 nitrogen and oxygen atoms in total. The molecule has 0 aliphatic heterocycles. The number of carbonyl (C=O) groups excluding carboxylic acids is 1. The molecule has 0 aromatic heterocycles. The largest absolute Gasteiger partial charge is 0.469 e. The summed E-state index contributed by atoms with van der Waals surface area (Å²) in [5.41, 5.74) is 1.34. The summed E-state index contributed by atoms with van der Waals surface area (Å²) >= 11 is 0. The molecule has 0 radical (unpaired) electrons. The molecule has 2 bridgehead atoms. The number of esters is 1. The fraction of sp³-hybridized carbons (Fsp3) is 0.450. The van der Waals surface area contributed by atoms with Gasteiger partial charge in [-0.05, 0) is 53.4 Å². The first-order valence-electron chi connectivity index (χ1n) is 8.33. The summed E-state index contributed by atoms with van der Waals surface area (Å²) < 4.78 is 5.17. The van der Waals surface area contributed by atoms with Crippen LogP contribution in [0.1, 0.15) is 37.2 Å². The third kappa shape index (κ3) is 2.13. The highest BCUT2D eigenvalue weighted by atomic mass is 16.5. The Morgan fingerprint density at radius 2 is 1.86 bits per heavy atom. The Balaban J connectivity index is 1.82. The molecule has 2 saturated carbocycles. The second-order valence-electron chi connectivity index (χ2n) is 6.90. The standard InChI is InChI=1S/C20H22O2/c1-22-20(21)19-15-10-9-13(11-15)12-18(19)17-8-4-6-14-5-2-3-7-16(14)17/h2-8,13,15,18-19H,9-12H2,1H3/t13?,15?,18-,19+/m1/s1. The molecule has 0 amide bonds. The SMILES string of the molecule is COC(=O)[C@H]1C2CCC(C2)C[C@@H]1c1cccc2ccccc12. The first-order chi connectivity index (χ1) is 10.8. The van der Waals surface area contributed by atoms with E-state index in [0.29, 0.717) is 11.8 Å². The van der Waals surface area contributed by atoms with Gasteiger partial charge in [0.05, 0.1) is 13.0 Å². The van der Waals surface area contributed by atoms with Gasteiger partial charge in [-0.15, -0.1) is 0 Å². The highest BCUT2D eigenvalue weighted by molar-refractivity contribution is 5.87. The lowest BCUT2D eigenvalue weighted by atomic mass is 9.68. The summed E-state index contributed by atoms with van der Waals surface area (Å²) in [5, 5.41) is 2.56. The van der Waals surface area contributed by atoms with E-state index in [1.54, 1.807) is 0 Å². The molecule has 2 aliphatic rings. The van der Waals surface area contributed by atoms with Gasteiger partial charge in [-0.2, -0.15) is 0 Å². The van der Waals surface area contributed by atoms with Crippen LogP contribution in [0.2, 0.25) is 0 Å². The lowest BCUT2D eigenvalue weighted by Gasteiger charge is -2.35. The molecule has 2 aliphatic carbocycles. The Hall–Kier alpha value is -1.83. The Morgan fingerprint density at radius 1 is 1.05 bits per heavy atom. The number of rotatable bonds is 2. The highest BCUT2D eigenvalue weighted by Gasteiger charge is 2.46. The Kier molecular flexibility index (Phi) is 3.40. The van der Waals surface area contributed by atoms with E-state index in [-0.39, 0.29) is 11.9 Å². The van der Waals surface area contributed by atoms with Crippen molar-refractivity contribution in [3.8, 4) is 0 Å². The van der Waals surface area contributed by atoms with Gasteiger partial charge in [-0.1, -0.05) is 48.9 Å². The lowest BCUT2D eigenvalue weighted by Crippen LogP contribution is -2.33. The number of carbonyl (C=O) groups is 1. The van der Waals surface area contributed by atoms with E-state index in [9.17, 15) is 4.79 Å². The molecule has 0 saturated heterocycles. The Morgan fingerprint density at radius 3 is 2.73 bits per heavy atom. The third-order valence-electron chi connectivity index (χ3n) is 5.81. The number of hydrogen-bond acceptors (Lipinski definition) is 2. The van der Waals surface area contributed by atoms with E-state index in [4.69, 9.17) is 4.74 Å². The minimum atomic E-state index is -0.0108. The van der Waals surface area contributed by atoms with Gasteiger partial charge in [-0.25, -0.2) is 0 Å². The zero-order valence-electron chi connectivity index (χ0n) is 13.0. The van der Waals surface area contributed by atoms with Crippen LogP contribution in [-0.2, 0) is 9.53 Å². The molecule has 2 heteroatoms. The second-order valence-corrected chi connectivity index (χ2v) is 6.90. The molecule has 2 aromatic rings. The number of hydrogen-bond donors (Lipinski definition) is 0. The van der Waals surface area contributed by atoms with E-state index in [2.05, 4.69) is 42.5 Å². The van der Waals surface area contributed by atoms with Crippen molar-refractivity contribution >= 4 is 16.7 Å². The molecular weight excluding hydrogens is 272 g/mol. The molecule has 0 spiro atoms. The molecule has 2 unspecified atom stereocenters. The molecular formula is C20H22O2. The number of fused-ring (bicyclic) bond motifs is 3. The van der Waals surface area contributed by atoms with Crippen molar-refractivity contribution in [2.45, 2.75) is 31.6 Å². The van der Waals surface area contributed by atoms with E-state index in [1.165, 1.54) is 42.7 Å². The molecule has 0 heterocycles. The van der Waals surface area contributed by atoms with Crippen molar-refractivity contribution in [2.24, 2.45) is 17.8 Å². The maximum atomic E-state index is 12.5. The van der Waals surface area contributed by atoms with Gasteiger partial charge in [0, 0.05) is 0 Å². The zero-order chi connectivity index (χ0) is 15.1. The minimum absolute atomic E-state index is 0.0108. The minimum Gasteiger partial charge on any atom is -0.469 e. The monoisotopic (exact) mass is 294 g/mol. The molecule has 22 heavy (non-hydrogen) atoms. The maximum Gasteiger partial charge on any atom is 0.309 e. The van der Waals surface area contributed by atoms with Crippen LogP contribution in [0.25, 0.3) is 10.8 Å². The summed E-state index contributed by atoms with van der Waals surface area (Å²) in [7, 11) is 1.53. The first-order valence-corrected chi connectivity index (χ1v) is 8.33. The number of benzene rings is 2. The van der Waals surface area contributed by atoms with Gasteiger partial charge in [0.25, 0.3) is 0 Å². The van der Waals surface area contributed by atoms with Crippen molar-refractivity contribution in [2.75, 3.05) is 7.11 Å². The first kappa shape index (κ1) is 13.8. The van der Waals surface area contributed by atoms with Crippen LogP contribution in [0.4, 0.5) is 0 Å². The van der Waals surface area contributed by atoms with Gasteiger partial charge >= 0.3 is 5.97 Å². The van der Waals surface area contributed by atoms with Gasteiger partial charge in [0.2, 0.25) is 0 Å². The van der Waals surface area contributed by atoms with Gasteiger partial charge in [0.1, 0.15) is 0 Å². The molecule has 4 atom stereocenters. The van der Waals surface area contributed by atoms with E-state index in [1.807, 2.05) is 0 Å². The number of ether oxygens (including phenoxy) is 1. The Bertz CT molecular complexity index is 700. The highest BCUT2D eigenvalue weighted by Crippen LogP contribution is 2.53.